The summed E-state index contributed by atoms with van der Waals surface area (Å²) < 4.78 is 0. The second-order valence-corrected chi connectivity index (χ2v) is 6.75. The largest absolute Gasteiger partial charge is 0.343 e. The number of carbonyl (C=O) groups excluding carboxylic acids is 2. The number of amides is 2. The summed E-state index contributed by atoms with van der Waals surface area (Å²) in [6.45, 7) is 7.55. The monoisotopic (exact) mass is 350 g/mol. The highest BCUT2D eigenvalue weighted by Crippen LogP contribution is 2.16. The predicted molar refractivity (Wildman–Crippen MR) is 95.9 cm³/mol. The molecule has 8 nitrogen and oxygen atoms in total. The topological polar surface area (TPSA) is 127 Å². The van der Waals surface area contributed by atoms with E-state index in [-0.39, 0.29) is 29.3 Å². The zero-order valence-electron chi connectivity index (χ0n) is 15.0. The number of carbonyl (C=O) groups is 2. The minimum Gasteiger partial charge on any atom is -0.343 e. The molecule has 0 aliphatic carbocycles. The Labute approximate surface area is 147 Å². The number of nitrogens with two attached hydrogens (primary N) is 1. The molecule has 0 bridgehead atoms. The minimum absolute atomic E-state index is 0.0440. The van der Waals surface area contributed by atoms with Crippen molar-refractivity contribution in [1.82, 2.24) is 5.32 Å². The summed E-state index contributed by atoms with van der Waals surface area (Å²) in [7, 11) is 0. The average Bonchev–Trinajstić information content (AvgIpc) is 2.53. The van der Waals surface area contributed by atoms with Gasteiger partial charge in [-0.1, -0.05) is 27.7 Å². The maximum atomic E-state index is 12.5. The van der Waals surface area contributed by atoms with Gasteiger partial charge in [0.05, 0.1) is 11.0 Å². The number of nitro groups is 1. The molecule has 2 atom stereocenters. The first kappa shape index (κ1) is 20.6. The lowest BCUT2D eigenvalue weighted by molar-refractivity contribution is -0.384. The quantitative estimate of drug-likeness (QED) is 0.488. The Hall–Kier alpha value is -2.48. The van der Waals surface area contributed by atoms with E-state index in [0.717, 1.165) is 0 Å². The number of non-ortho nitro benzene ring substituents is 1. The summed E-state index contributed by atoms with van der Waals surface area (Å²) in [5.74, 6) is -0.619. The smallest absolute Gasteiger partial charge is 0.269 e. The van der Waals surface area contributed by atoms with E-state index in [0.29, 0.717) is 12.1 Å². The van der Waals surface area contributed by atoms with Crippen molar-refractivity contribution < 1.29 is 14.5 Å². The lowest BCUT2D eigenvalue weighted by Gasteiger charge is -2.23. The van der Waals surface area contributed by atoms with Crippen molar-refractivity contribution in [3.8, 4) is 0 Å². The number of nitrogens with zero attached hydrogens (tertiary/aromatic N) is 1. The Bertz CT molecular complexity index is 614. The summed E-state index contributed by atoms with van der Waals surface area (Å²) in [6.07, 6.45) is 0.454. The third-order valence-corrected chi connectivity index (χ3v) is 3.71. The van der Waals surface area contributed by atoms with E-state index in [4.69, 9.17) is 5.73 Å². The third kappa shape index (κ3) is 6.50. The van der Waals surface area contributed by atoms with Crippen molar-refractivity contribution in [2.45, 2.75) is 46.2 Å². The number of nitrogens with one attached hydrogen (secondary N) is 2. The van der Waals surface area contributed by atoms with Crippen LogP contribution in [0, 0.1) is 22.0 Å². The van der Waals surface area contributed by atoms with Gasteiger partial charge >= 0.3 is 0 Å². The van der Waals surface area contributed by atoms with E-state index in [1.807, 2.05) is 27.7 Å². The molecular formula is C17H26N4O4. The molecule has 0 aromatic heterocycles. The fourth-order valence-electron chi connectivity index (χ4n) is 2.17. The Morgan fingerprint density at radius 1 is 1.12 bits per heavy atom. The second kappa shape index (κ2) is 9.12. The van der Waals surface area contributed by atoms with Crippen molar-refractivity contribution >= 4 is 23.2 Å². The van der Waals surface area contributed by atoms with Gasteiger partial charge in [0, 0.05) is 17.8 Å². The van der Waals surface area contributed by atoms with Crippen LogP contribution < -0.4 is 16.4 Å². The molecule has 2 amide bonds. The van der Waals surface area contributed by atoms with Gasteiger partial charge in [0.15, 0.2) is 0 Å². The van der Waals surface area contributed by atoms with Crippen LogP contribution in [0.4, 0.5) is 11.4 Å². The molecule has 0 heterocycles. The molecular weight excluding hydrogens is 324 g/mol. The van der Waals surface area contributed by atoms with Gasteiger partial charge in [-0.05, 0) is 30.4 Å². The molecule has 8 heteroatoms. The fourth-order valence-corrected chi connectivity index (χ4v) is 2.17. The first-order valence-electron chi connectivity index (χ1n) is 8.23. The van der Waals surface area contributed by atoms with Gasteiger partial charge in [-0.3, -0.25) is 19.7 Å². The van der Waals surface area contributed by atoms with Crippen LogP contribution in [-0.2, 0) is 9.59 Å². The molecule has 0 saturated heterocycles. The number of benzene rings is 1. The van der Waals surface area contributed by atoms with Crippen molar-refractivity contribution in [2.24, 2.45) is 17.6 Å². The molecule has 2 unspecified atom stereocenters. The molecule has 0 radical (unpaired) electrons. The summed E-state index contributed by atoms with van der Waals surface area (Å²) in [5.41, 5.74) is 6.19. The number of hydrogen-bond donors (Lipinski definition) is 3. The van der Waals surface area contributed by atoms with E-state index >= 15 is 0 Å². The SMILES string of the molecule is CC(C)CC(NC(=O)C(N)C(C)C)C(=O)Nc1ccc([N+](=O)[O-])cc1. The van der Waals surface area contributed by atoms with Crippen LogP contribution in [0.1, 0.15) is 34.1 Å². The van der Waals surface area contributed by atoms with Gasteiger partial charge in [-0.15, -0.1) is 0 Å². The lowest BCUT2D eigenvalue weighted by atomic mass is 10.0. The Morgan fingerprint density at radius 2 is 1.68 bits per heavy atom. The predicted octanol–water partition coefficient (Wildman–Crippen LogP) is 2.05. The van der Waals surface area contributed by atoms with E-state index in [2.05, 4.69) is 10.6 Å². The maximum Gasteiger partial charge on any atom is 0.269 e. The highest BCUT2D eigenvalue weighted by molar-refractivity contribution is 5.97. The van der Waals surface area contributed by atoms with Gasteiger partial charge in [0.2, 0.25) is 11.8 Å². The van der Waals surface area contributed by atoms with Crippen molar-refractivity contribution in [3.05, 3.63) is 34.4 Å². The summed E-state index contributed by atoms with van der Waals surface area (Å²) in [6, 6.07) is 4.09. The third-order valence-electron chi connectivity index (χ3n) is 3.71. The van der Waals surface area contributed by atoms with Crippen LogP contribution in [0.15, 0.2) is 24.3 Å². The van der Waals surface area contributed by atoms with Gasteiger partial charge in [0.1, 0.15) is 6.04 Å². The number of hydrogen-bond acceptors (Lipinski definition) is 5. The molecule has 1 rings (SSSR count). The summed E-state index contributed by atoms with van der Waals surface area (Å²) in [4.78, 5) is 34.8. The summed E-state index contributed by atoms with van der Waals surface area (Å²) in [5, 5.41) is 16.0. The standard InChI is InChI=1S/C17H26N4O4/c1-10(2)9-14(20-17(23)15(18)11(3)4)16(22)19-12-5-7-13(8-6-12)21(24)25/h5-8,10-11,14-15H,9,18H2,1-4H3,(H,19,22)(H,20,23). The zero-order chi connectivity index (χ0) is 19.1. The van der Waals surface area contributed by atoms with Crippen LogP contribution in [-0.4, -0.2) is 28.8 Å². The Balaban J connectivity index is 2.82. The second-order valence-electron chi connectivity index (χ2n) is 6.75. The van der Waals surface area contributed by atoms with E-state index in [9.17, 15) is 19.7 Å². The van der Waals surface area contributed by atoms with Gasteiger partial charge < -0.3 is 16.4 Å². The minimum atomic E-state index is -0.729. The van der Waals surface area contributed by atoms with E-state index in [1.54, 1.807) is 0 Å². The molecule has 4 N–H and O–H groups in total. The molecule has 138 valence electrons. The first-order chi connectivity index (χ1) is 11.6. The van der Waals surface area contributed by atoms with Crippen molar-refractivity contribution in [3.63, 3.8) is 0 Å². The zero-order valence-corrected chi connectivity index (χ0v) is 15.0. The highest BCUT2D eigenvalue weighted by Gasteiger charge is 2.26. The van der Waals surface area contributed by atoms with Gasteiger partial charge in [0.25, 0.3) is 5.69 Å². The molecule has 0 aliphatic rings. The molecule has 1 aromatic carbocycles. The molecule has 0 fully saturated rings. The molecule has 0 saturated carbocycles. The van der Waals surface area contributed by atoms with Crippen LogP contribution in [0.3, 0.4) is 0 Å². The summed E-state index contributed by atoms with van der Waals surface area (Å²) >= 11 is 0. The normalized spacial score (nSPS) is 13.4. The van der Waals surface area contributed by atoms with Gasteiger partial charge in [-0.2, -0.15) is 0 Å². The van der Waals surface area contributed by atoms with Crippen LogP contribution in [0.5, 0.6) is 0 Å². The van der Waals surface area contributed by atoms with Crippen molar-refractivity contribution in [2.75, 3.05) is 5.32 Å². The van der Waals surface area contributed by atoms with Crippen LogP contribution in [0.2, 0.25) is 0 Å². The van der Waals surface area contributed by atoms with E-state index in [1.165, 1.54) is 24.3 Å². The highest BCUT2D eigenvalue weighted by atomic mass is 16.6. The lowest BCUT2D eigenvalue weighted by Crippen LogP contribution is -2.52. The number of rotatable bonds is 8. The van der Waals surface area contributed by atoms with Crippen molar-refractivity contribution in [1.29, 1.82) is 0 Å². The first-order valence-corrected chi connectivity index (χ1v) is 8.23. The molecule has 1 aromatic rings. The molecule has 0 aliphatic heterocycles. The molecule has 0 spiro atoms. The number of nitro benzene ring substituents is 1. The fraction of sp³-hybridized carbons (Fsp3) is 0.529. The Morgan fingerprint density at radius 3 is 2.12 bits per heavy atom. The van der Waals surface area contributed by atoms with Crippen LogP contribution >= 0.6 is 0 Å². The van der Waals surface area contributed by atoms with Gasteiger partial charge in [-0.25, -0.2) is 0 Å². The maximum absolute atomic E-state index is 12.5. The number of anilines is 1. The van der Waals surface area contributed by atoms with E-state index < -0.39 is 17.0 Å². The van der Waals surface area contributed by atoms with Crippen LogP contribution in [0.25, 0.3) is 0 Å². The molecule has 25 heavy (non-hydrogen) atoms. The average molecular weight is 350 g/mol. The Kier molecular flexibility index (Phi) is 7.50.